The lowest BCUT2D eigenvalue weighted by Gasteiger charge is -2.33. The summed E-state index contributed by atoms with van der Waals surface area (Å²) in [6.07, 6.45) is 6.07. The second-order valence-corrected chi connectivity index (χ2v) is 19.9. The van der Waals surface area contributed by atoms with Crippen LogP contribution in [0.25, 0.3) is 16.7 Å². The molecule has 6 rings (SSSR count). The minimum Gasteiger partial charge on any atom is -0.381 e. The number of aromatic amines is 1. The van der Waals surface area contributed by atoms with Crippen molar-refractivity contribution >= 4 is 50.4 Å². The van der Waals surface area contributed by atoms with Gasteiger partial charge in [0.2, 0.25) is 10.0 Å². The molecule has 5 aromatic rings. The number of guanidine groups is 1. The van der Waals surface area contributed by atoms with Crippen molar-refractivity contribution in [2.24, 2.45) is 16.5 Å². The van der Waals surface area contributed by atoms with Crippen molar-refractivity contribution in [2.45, 2.75) is 101 Å². The number of halogens is 1. The van der Waals surface area contributed by atoms with Crippen LogP contribution in [-0.4, -0.2) is 71.8 Å². The average Bonchev–Trinajstić information content (AvgIpc) is 3.63. The summed E-state index contributed by atoms with van der Waals surface area (Å²) in [6.45, 7) is 16.4. The number of aromatic nitrogens is 3. The maximum Gasteiger partial charge on any atom is 0.354 e. The zero-order valence-corrected chi connectivity index (χ0v) is 37.6. The highest BCUT2D eigenvalue weighted by atomic mass is 35.5. The van der Waals surface area contributed by atoms with Crippen LogP contribution < -0.4 is 22.5 Å². The highest BCUT2D eigenvalue weighted by Gasteiger charge is 2.33. The minimum absolute atomic E-state index is 0.0276. The third-order valence-electron chi connectivity index (χ3n) is 10.1. The van der Waals surface area contributed by atoms with Gasteiger partial charge in [0.15, 0.2) is 5.96 Å². The number of hydrogen-bond donors (Lipinski definition) is 4. The van der Waals surface area contributed by atoms with Crippen molar-refractivity contribution in [3.63, 3.8) is 0 Å². The van der Waals surface area contributed by atoms with Crippen LogP contribution >= 0.6 is 23.4 Å². The Morgan fingerprint density at radius 1 is 0.983 bits per heavy atom. The van der Waals surface area contributed by atoms with Crippen molar-refractivity contribution in [1.29, 1.82) is 0 Å². The van der Waals surface area contributed by atoms with Crippen LogP contribution in [0.1, 0.15) is 83.2 Å². The number of sulfonamides is 1. The van der Waals surface area contributed by atoms with Crippen molar-refractivity contribution in [3.05, 3.63) is 117 Å². The first-order valence-electron chi connectivity index (χ1n) is 19.9. The Labute approximate surface area is 358 Å². The van der Waals surface area contributed by atoms with E-state index in [1.165, 1.54) is 0 Å². The molecule has 0 spiro atoms. The van der Waals surface area contributed by atoms with E-state index in [-0.39, 0.29) is 28.5 Å². The molecule has 1 aliphatic heterocycles. The number of rotatable bonds is 13. The number of nitrogens with two attached hydrogens (primary N) is 2. The van der Waals surface area contributed by atoms with Crippen LogP contribution in [0.2, 0.25) is 5.02 Å². The monoisotopic (exact) mass is 862 g/mol. The molecule has 2 aromatic heterocycles. The first kappa shape index (κ1) is 45.9. The van der Waals surface area contributed by atoms with Crippen molar-refractivity contribution in [2.75, 3.05) is 32.6 Å². The largest absolute Gasteiger partial charge is 0.381 e. The summed E-state index contributed by atoms with van der Waals surface area (Å²) in [4.78, 5) is 25.2. The lowest BCUT2D eigenvalue weighted by atomic mass is 9.87. The smallest absolute Gasteiger partial charge is 0.354 e. The van der Waals surface area contributed by atoms with E-state index in [0.717, 1.165) is 57.9 Å². The number of aliphatic imine (C=N–C) groups is 1. The number of thioether (sulfide) groups is 1. The van der Waals surface area contributed by atoms with E-state index >= 15 is 0 Å². The maximum atomic E-state index is 13.7. The molecule has 0 unspecified atom stereocenters. The molecule has 3 heterocycles. The molecule has 0 saturated carbocycles. The number of H-pyrrole nitrogens is 1. The molecule has 1 saturated heterocycles. The quantitative estimate of drug-likeness (QED) is 0.0405. The standard InChI is InChI=1S/C23H30ClNO3S2.C21H29N7O/c1-23(2,3)18-6-8-20(9-7-18)30(26,27)25(19-11-13-28-14-12-19)16-17-5-10-21(24)22(15-17)29-4;1-21(2,3)17-11-15-13-28(20(29)27-18(15)26-17)16-7-5-14(6-8-16)12-24-9-4-10-25-19(22)23/h5-10,15,19H,11-14,16H2,1-4H3;5-8,11,13,24H,4,9-10,12H2,1-3H3,(H4,22,23,25)(H,26,27,29). The van der Waals surface area contributed by atoms with Gasteiger partial charge in [0.25, 0.3) is 0 Å². The van der Waals surface area contributed by atoms with Crippen LogP contribution in [-0.2, 0) is 38.7 Å². The van der Waals surface area contributed by atoms with Gasteiger partial charge in [0.05, 0.1) is 15.6 Å². The SMILES string of the molecule is CC(C)(C)c1cc2cn(-c3ccc(CNCCCN=C(N)N)cc3)c(=O)nc2[nH]1.CSc1cc(CN(C2CCOCC2)S(=O)(=O)c2ccc(C(C)(C)C)cc2)ccc1Cl. The predicted molar refractivity (Wildman–Crippen MR) is 242 cm³/mol. The molecule has 0 radical (unpaired) electrons. The normalized spacial score (nSPS) is 14.0. The fourth-order valence-electron chi connectivity index (χ4n) is 6.63. The molecule has 0 aliphatic carbocycles. The predicted octanol–water partition coefficient (Wildman–Crippen LogP) is 7.49. The molecule has 0 amide bonds. The van der Waals surface area contributed by atoms with Crippen molar-refractivity contribution < 1.29 is 13.2 Å². The molecular weight excluding hydrogens is 804 g/mol. The zero-order valence-electron chi connectivity index (χ0n) is 35.2. The summed E-state index contributed by atoms with van der Waals surface area (Å²) in [5.41, 5.74) is 15.9. The number of nitrogens with zero attached hydrogens (tertiary/aromatic N) is 4. The molecular formula is C44H59ClN8O4S2. The molecule has 1 aliphatic rings. The van der Waals surface area contributed by atoms with Gasteiger partial charge in [-0.15, -0.1) is 11.8 Å². The van der Waals surface area contributed by atoms with E-state index in [4.69, 9.17) is 27.8 Å². The van der Waals surface area contributed by atoms with Crippen LogP contribution in [0.5, 0.6) is 0 Å². The Hall–Kier alpha value is -4.18. The Kier molecular flexibility index (Phi) is 15.5. The summed E-state index contributed by atoms with van der Waals surface area (Å²) in [5.74, 6) is 0.123. The summed E-state index contributed by atoms with van der Waals surface area (Å²) in [7, 11) is -3.65. The van der Waals surface area contributed by atoms with Gasteiger partial charge in [0.1, 0.15) is 5.65 Å². The first-order chi connectivity index (χ1) is 27.9. The molecule has 1 fully saturated rings. The fraction of sp³-hybridized carbons (Fsp3) is 0.432. The van der Waals surface area contributed by atoms with Gasteiger partial charge in [-0.25, -0.2) is 13.2 Å². The van der Waals surface area contributed by atoms with Crippen molar-refractivity contribution in [1.82, 2.24) is 24.2 Å². The van der Waals surface area contributed by atoms with Crippen LogP contribution in [0.4, 0.5) is 0 Å². The fourth-order valence-corrected chi connectivity index (χ4v) is 9.19. The lowest BCUT2D eigenvalue weighted by Crippen LogP contribution is -2.42. The highest BCUT2D eigenvalue weighted by Crippen LogP contribution is 2.31. The highest BCUT2D eigenvalue weighted by molar-refractivity contribution is 7.98. The van der Waals surface area contributed by atoms with Gasteiger partial charge in [-0.1, -0.05) is 83.5 Å². The minimum atomic E-state index is -3.65. The third-order valence-corrected chi connectivity index (χ3v) is 13.3. The molecule has 6 N–H and O–H groups in total. The van der Waals surface area contributed by atoms with E-state index in [1.54, 1.807) is 32.8 Å². The van der Waals surface area contributed by atoms with Gasteiger partial charge in [-0.2, -0.15) is 9.29 Å². The van der Waals surface area contributed by atoms with E-state index in [0.29, 0.717) is 54.7 Å². The summed E-state index contributed by atoms with van der Waals surface area (Å²) in [6, 6.07) is 22.9. The zero-order chi connectivity index (χ0) is 43.0. The van der Waals surface area contributed by atoms with E-state index in [1.807, 2.05) is 67.0 Å². The Balaban J connectivity index is 0.000000224. The molecule has 0 atom stereocenters. The van der Waals surface area contributed by atoms with E-state index in [2.05, 4.69) is 67.9 Å². The second kappa shape index (κ2) is 19.9. The number of nitrogens with one attached hydrogen (secondary N) is 2. The van der Waals surface area contributed by atoms with Crippen molar-refractivity contribution in [3.8, 4) is 5.69 Å². The molecule has 0 bridgehead atoms. The number of benzene rings is 3. The average molecular weight is 864 g/mol. The van der Waals surface area contributed by atoms with Gasteiger partial charge in [-0.3, -0.25) is 9.56 Å². The van der Waals surface area contributed by atoms with Gasteiger partial charge in [-0.05, 0) is 96.6 Å². The molecule has 318 valence electrons. The molecule has 15 heteroatoms. The van der Waals surface area contributed by atoms with Gasteiger partial charge in [0, 0.05) is 66.5 Å². The Morgan fingerprint density at radius 2 is 1.64 bits per heavy atom. The maximum absolute atomic E-state index is 13.7. The topological polar surface area (TPSA) is 174 Å². The summed E-state index contributed by atoms with van der Waals surface area (Å²) < 4.78 is 36.1. The van der Waals surface area contributed by atoms with Crippen LogP contribution in [0.3, 0.4) is 0 Å². The number of fused-ring (bicyclic) bond motifs is 1. The van der Waals surface area contributed by atoms with E-state index in [9.17, 15) is 13.2 Å². The Morgan fingerprint density at radius 3 is 2.25 bits per heavy atom. The second-order valence-electron chi connectivity index (χ2n) is 16.8. The molecule has 59 heavy (non-hydrogen) atoms. The van der Waals surface area contributed by atoms with Crippen LogP contribution in [0.15, 0.2) is 98.6 Å². The van der Waals surface area contributed by atoms with Gasteiger partial charge >= 0.3 is 5.69 Å². The Bertz CT molecular complexity index is 2360. The number of hydrogen-bond acceptors (Lipinski definition) is 8. The lowest BCUT2D eigenvalue weighted by molar-refractivity contribution is 0.0569. The first-order valence-corrected chi connectivity index (χ1v) is 22.9. The number of ether oxygens (including phenoxy) is 1. The molecule has 3 aromatic carbocycles. The van der Waals surface area contributed by atoms with Crippen LogP contribution in [0, 0.1) is 0 Å². The van der Waals surface area contributed by atoms with Gasteiger partial charge < -0.3 is 26.5 Å². The summed E-state index contributed by atoms with van der Waals surface area (Å²) in [5, 5.41) is 4.95. The molecule has 12 nitrogen and oxygen atoms in total. The van der Waals surface area contributed by atoms with E-state index < -0.39 is 10.0 Å². The summed E-state index contributed by atoms with van der Waals surface area (Å²) >= 11 is 7.81. The third kappa shape index (κ3) is 12.4.